The average Bonchev–Trinajstić information content (AvgIpc) is 3.58. The largest absolute Gasteiger partial charge is 0.381 e. The summed E-state index contributed by atoms with van der Waals surface area (Å²) in [6, 6.07) is 16.7. The molecule has 3 heterocycles. The van der Waals surface area contributed by atoms with Gasteiger partial charge < -0.3 is 24.6 Å². The molecule has 1 saturated carbocycles. The molecule has 2 aromatic carbocycles. The van der Waals surface area contributed by atoms with Crippen molar-refractivity contribution in [2.24, 2.45) is 11.8 Å². The molecule has 6 rings (SSSR count). The highest BCUT2D eigenvalue weighted by atomic mass is 16.5. The lowest BCUT2D eigenvalue weighted by molar-refractivity contribution is -0.00866. The van der Waals surface area contributed by atoms with E-state index in [-0.39, 0.29) is 5.91 Å². The predicted molar refractivity (Wildman–Crippen MR) is 138 cm³/mol. The third-order valence-electron chi connectivity index (χ3n) is 8.37. The number of hydrogen-bond acceptors (Lipinski definition) is 5. The van der Waals surface area contributed by atoms with Crippen LogP contribution in [0.1, 0.15) is 48.0 Å². The van der Waals surface area contributed by atoms with Crippen LogP contribution in [0.25, 0.3) is 0 Å². The van der Waals surface area contributed by atoms with Gasteiger partial charge in [-0.15, -0.1) is 0 Å². The van der Waals surface area contributed by atoms with Gasteiger partial charge in [-0.3, -0.25) is 4.79 Å². The first-order chi connectivity index (χ1) is 17.2. The summed E-state index contributed by atoms with van der Waals surface area (Å²) in [7, 11) is 0. The van der Waals surface area contributed by atoms with Crippen molar-refractivity contribution in [3.8, 4) is 0 Å². The molecule has 0 radical (unpaired) electrons. The lowest BCUT2D eigenvalue weighted by Crippen LogP contribution is -2.36. The number of likely N-dealkylation sites (tertiary alicyclic amines) is 1. The summed E-state index contributed by atoms with van der Waals surface area (Å²) in [5.74, 6) is 1.40. The zero-order valence-electron chi connectivity index (χ0n) is 20.5. The van der Waals surface area contributed by atoms with Crippen LogP contribution in [-0.2, 0) is 16.1 Å². The Hall–Kier alpha value is -2.41. The summed E-state index contributed by atoms with van der Waals surface area (Å²) >= 11 is 0. The van der Waals surface area contributed by atoms with E-state index in [1.807, 2.05) is 36.4 Å². The van der Waals surface area contributed by atoms with E-state index in [1.165, 1.54) is 50.9 Å². The quantitative estimate of drug-likeness (QED) is 0.607. The molecule has 4 fully saturated rings. The fourth-order valence-electron chi connectivity index (χ4n) is 6.05. The van der Waals surface area contributed by atoms with E-state index in [0.717, 1.165) is 43.5 Å². The first-order valence-electron chi connectivity index (χ1n) is 13.4. The van der Waals surface area contributed by atoms with Crippen molar-refractivity contribution in [2.45, 2.75) is 50.9 Å². The van der Waals surface area contributed by atoms with E-state index in [9.17, 15) is 4.79 Å². The van der Waals surface area contributed by atoms with Gasteiger partial charge in [-0.2, -0.15) is 0 Å². The molecule has 3 atom stereocenters. The van der Waals surface area contributed by atoms with Crippen molar-refractivity contribution >= 4 is 17.3 Å². The van der Waals surface area contributed by atoms with E-state index in [0.29, 0.717) is 30.2 Å². The van der Waals surface area contributed by atoms with Gasteiger partial charge in [0.2, 0.25) is 0 Å². The molecule has 1 aliphatic carbocycles. The van der Waals surface area contributed by atoms with E-state index in [1.54, 1.807) is 0 Å². The van der Waals surface area contributed by atoms with Gasteiger partial charge >= 0.3 is 0 Å². The molecule has 2 aromatic rings. The summed E-state index contributed by atoms with van der Waals surface area (Å²) in [5, 5.41) is 3.05. The molecule has 35 heavy (non-hydrogen) atoms. The van der Waals surface area contributed by atoms with Crippen LogP contribution in [0, 0.1) is 11.8 Å². The number of nitrogens with one attached hydrogen (secondary N) is 1. The molecule has 6 heteroatoms. The average molecular weight is 476 g/mol. The summed E-state index contributed by atoms with van der Waals surface area (Å²) < 4.78 is 11.4. The van der Waals surface area contributed by atoms with Gasteiger partial charge in [0.25, 0.3) is 5.91 Å². The zero-order chi connectivity index (χ0) is 23.6. The highest BCUT2D eigenvalue weighted by Crippen LogP contribution is 2.36. The fourth-order valence-corrected chi connectivity index (χ4v) is 6.05. The Kier molecular flexibility index (Phi) is 6.77. The van der Waals surface area contributed by atoms with E-state index < -0.39 is 0 Å². The third kappa shape index (κ3) is 5.25. The zero-order valence-corrected chi connectivity index (χ0v) is 20.5. The van der Waals surface area contributed by atoms with Crippen molar-refractivity contribution in [2.75, 3.05) is 49.6 Å². The number of hydrogen-bond donors (Lipinski definition) is 1. The van der Waals surface area contributed by atoms with Crippen molar-refractivity contribution in [1.82, 2.24) is 4.90 Å². The molecular formula is C29H37N3O3. The molecule has 0 spiro atoms. The molecule has 1 amide bonds. The number of ether oxygens (including phenoxy) is 2. The predicted octanol–water partition coefficient (Wildman–Crippen LogP) is 4.56. The minimum Gasteiger partial charge on any atom is -0.381 e. The van der Waals surface area contributed by atoms with Gasteiger partial charge in [-0.25, -0.2) is 0 Å². The first kappa shape index (κ1) is 23.0. The second-order valence-electron chi connectivity index (χ2n) is 10.8. The van der Waals surface area contributed by atoms with Crippen LogP contribution in [0.3, 0.4) is 0 Å². The Morgan fingerprint density at radius 3 is 2.54 bits per heavy atom. The maximum Gasteiger partial charge on any atom is 0.255 e. The van der Waals surface area contributed by atoms with Crippen molar-refractivity contribution in [3.63, 3.8) is 0 Å². The van der Waals surface area contributed by atoms with Crippen LogP contribution in [0.5, 0.6) is 0 Å². The Bertz CT molecular complexity index is 999. The highest BCUT2D eigenvalue weighted by Gasteiger charge is 2.41. The Morgan fingerprint density at radius 2 is 1.83 bits per heavy atom. The van der Waals surface area contributed by atoms with Crippen molar-refractivity contribution in [3.05, 3.63) is 59.7 Å². The molecule has 3 saturated heterocycles. The lowest BCUT2D eigenvalue weighted by atomic mass is 9.96. The van der Waals surface area contributed by atoms with Crippen LogP contribution in [0.4, 0.5) is 11.4 Å². The molecule has 1 unspecified atom stereocenters. The molecule has 1 N–H and O–H groups in total. The van der Waals surface area contributed by atoms with Crippen LogP contribution >= 0.6 is 0 Å². The molecule has 3 aliphatic heterocycles. The summed E-state index contributed by atoms with van der Waals surface area (Å²) in [6.45, 7) is 7.17. The Balaban J connectivity index is 1.02. The molecule has 0 bridgehead atoms. The molecule has 4 aliphatic rings. The molecule has 6 nitrogen and oxygen atoms in total. The van der Waals surface area contributed by atoms with Crippen molar-refractivity contribution < 1.29 is 14.3 Å². The monoisotopic (exact) mass is 475 g/mol. The van der Waals surface area contributed by atoms with Gasteiger partial charge in [0.1, 0.15) is 0 Å². The summed E-state index contributed by atoms with van der Waals surface area (Å²) in [5.41, 5.74) is 3.88. The summed E-state index contributed by atoms with van der Waals surface area (Å²) in [6.07, 6.45) is 6.52. The van der Waals surface area contributed by atoms with Crippen LogP contribution in [0.2, 0.25) is 0 Å². The van der Waals surface area contributed by atoms with E-state index in [2.05, 4.69) is 27.2 Å². The third-order valence-corrected chi connectivity index (χ3v) is 8.37. The van der Waals surface area contributed by atoms with Crippen LogP contribution in [0.15, 0.2) is 48.5 Å². The van der Waals surface area contributed by atoms with Crippen LogP contribution in [-0.4, -0.2) is 62.3 Å². The number of benzene rings is 2. The van der Waals surface area contributed by atoms with Gasteiger partial charge in [0.15, 0.2) is 0 Å². The Labute approximate surface area is 208 Å². The van der Waals surface area contributed by atoms with Gasteiger partial charge in [0, 0.05) is 55.8 Å². The van der Waals surface area contributed by atoms with Crippen molar-refractivity contribution in [1.29, 1.82) is 0 Å². The standard InChI is InChI=1S/C29H37N3O3/c33-29(23-6-4-21(5-7-23)20-35-27-2-1-3-27)30-25-8-10-26(11-9-25)32-14-12-24-17-31(18-28(24)32)16-22-13-15-34-19-22/h4-11,22,24,27-28H,1-3,12-20H2,(H,30,33)/t22?,24-,28+/m1/s1. The second-order valence-corrected chi connectivity index (χ2v) is 10.8. The SMILES string of the molecule is O=C(Nc1ccc(N2CC[C@@H]3CN(CC4CCOC4)C[C@@H]32)cc1)c1ccc(COC2CCC2)cc1. The number of fused-ring (bicyclic) bond motifs is 1. The minimum absolute atomic E-state index is 0.0761. The van der Waals surface area contributed by atoms with E-state index >= 15 is 0 Å². The maximum absolute atomic E-state index is 12.7. The summed E-state index contributed by atoms with van der Waals surface area (Å²) in [4.78, 5) is 18.0. The number of anilines is 2. The smallest absolute Gasteiger partial charge is 0.255 e. The first-order valence-corrected chi connectivity index (χ1v) is 13.4. The Morgan fingerprint density at radius 1 is 1.00 bits per heavy atom. The molecular weight excluding hydrogens is 438 g/mol. The number of rotatable bonds is 8. The lowest BCUT2D eigenvalue weighted by Gasteiger charge is -2.28. The van der Waals surface area contributed by atoms with Gasteiger partial charge in [-0.05, 0) is 85.9 Å². The normalized spacial score (nSPS) is 26.6. The minimum atomic E-state index is -0.0761. The van der Waals surface area contributed by atoms with E-state index in [4.69, 9.17) is 9.47 Å². The molecule has 0 aromatic heterocycles. The second kappa shape index (κ2) is 10.3. The van der Waals surface area contributed by atoms with Gasteiger partial charge in [-0.1, -0.05) is 12.1 Å². The molecule has 186 valence electrons. The number of carbonyl (C=O) groups excluding carboxylic acids is 1. The van der Waals surface area contributed by atoms with Crippen LogP contribution < -0.4 is 10.2 Å². The highest BCUT2D eigenvalue weighted by molar-refractivity contribution is 6.04. The van der Waals surface area contributed by atoms with Gasteiger partial charge in [0.05, 0.1) is 19.3 Å². The number of nitrogens with zero attached hydrogens (tertiary/aromatic N) is 2. The maximum atomic E-state index is 12.7. The number of amides is 1. The number of carbonyl (C=O) groups is 1. The topological polar surface area (TPSA) is 54.0 Å². The fraction of sp³-hybridized carbons (Fsp3) is 0.552.